The SMILES string of the molecule is O=C(CCC1CCNCC1)NCc1ccnc(-n2ccnc2)c1. The zero-order chi connectivity index (χ0) is 15.9. The Morgan fingerprint density at radius 3 is 3.00 bits per heavy atom. The minimum atomic E-state index is 0.129. The van der Waals surface area contributed by atoms with Crippen molar-refractivity contribution in [3.05, 3.63) is 42.6 Å². The summed E-state index contributed by atoms with van der Waals surface area (Å²) in [4.78, 5) is 20.3. The number of rotatable bonds is 6. The number of hydrogen-bond donors (Lipinski definition) is 2. The lowest BCUT2D eigenvalue weighted by molar-refractivity contribution is -0.121. The van der Waals surface area contributed by atoms with E-state index in [0.717, 1.165) is 30.9 Å². The van der Waals surface area contributed by atoms with Crippen LogP contribution in [0.5, 0.6) is 0 Å². The van der Waals surface area contributed by atoms with Crippen molar-refractivity contribution >= 4 is 5.91 Å². The molecule has 0 saturated carbocycles. The van der Waals surface area contributed by atoms with Gasteiger partial charge in [0.05, 0.1) is 0 Å². The molecule has 0 radical (unpaired) electrons. The third-order valence-corrected chi connectivity index (χ3v) is 4.31. The van der Waals surface area contributed by atoms with Crippen molar-refractivity contribution in [3.8, 4) is 5.82 Å². The van der Waals surface area contributed by atoms with E-state index < -0.39 is 0 Å². The summed E-state index contributed by atoms with van der Waals surface area (Å²) in [5.41, 5.74) is 1.04. The molecule has 1 fully saturated rings. The standard InChI is InChI=1S/C17H23N5O/c23-17(2-1-14-3-6-18-7-4-14)21-12-15-5-8-20-16(11-15)22-10-9-19-13-22/h5,8-11,13-14,18H,1-4,6-7,12H2,(H,21,23). The Labute approximate surface area is 136 Å². The molecule has 2 aromatic heterocycles. The topological polar surface area (TPSA) is 71.8 Å². The molecule has 0 unspecified atom stereocenters. The maximum absolute atomic E-state index is 12.0. The average Bonchev–Trinajstić information content (AvgIpc) is 3.14. The number of piperidine rings is 1. The largest absolute Gasteiger partial charge is 0.352 e. The number of hydrogen-bond acceptors (Lipinski definition) is 4. The lowest BCUT2D eigenvalue weighted by atomic mass is 9.93. The van der Waals surface area contributed by atoms with Crippen molar-refractivity contribution in [2.24, 2.45) is 5.92 Å². The lowest BCUT2D eigenvalue weighted by Crippen LogP contribution is -2.29. The molecule has 6 heteroatoms. The quantitative estimate of drug-likeness (QED) is 0.851. The normalized spacial score (nSPS) is 15.5. The van der Waals surface area contributed by atoms with Crippen LogP contribution in [0.15, 0.2) is 37.1 Å². The second-order valence-electron chi connectivity index (χ2n) is 6.00. The van der Waals surface area contributed by atoms with Crippen LogP contribution in [0.2, 0.25) is 0 Å². The molecule has 2 aromatic rings. The van der Waals surface area contributed by atoms with Crippen LogP contribution in [0.25, 0.3) is 5.82 Å². The number of nitrogens with zero attached hydrogens (tertiary/aromatic N) is 3. The molecular weight excluding hydrogens is 290 g/mol. The first-order chi connectivity index (χ1) is 11.3. The van der Waals surface area contributed by atoms with Gasteiger partial charge < -0.3 is 10.6 Å². The number of carbonyl (C=O) groups excluding carboxylic acids is 1. The van der Waals surface area contributed by atoms with E-state index in [9.17, 15) is 4.79 Å². The summed E-state index contributed by atoms with van der Waals surface area (Å²) >= 11 is 0. The van der Waals surface area contributed by atoms with Crippen LogP contribution in [0.1, 0.15) is 31.2 Å². The molecule has 2 N–H and O–H groups in total. The van der Waals surface area contributed by atoms with Gasteiger partial charge in [-0.15, -0.1) is 0 Å². The molecule has 1 aliphatic heterocycles. The predicted octanol–water partition coefficient (Wildman–Crippen LogP) is 1.66. The van der Waals surface area contributed by atoms with E-state index in [1.165, 1.54) is 12.8 Å². The van der Waals surface area contributed by atoms with E-state index in [0.29, 0.717) is 18.9 Å². The van der Waals surface area contributed by atoms with Gasteiger partial charge in [0.1, 0.15) is 12.1 Å². The molecule has 0 bridgehead atoms. The Balaban J connectivity index is 1.46. The van der Waals surface area contributed by atoms with Crippen molar-refractivity contribution in [2.75, 3.05) is 13.1 Å². The van der Waals surface area contributed by atoms with Gasteiger partial charge in [-0.05, 0) is 56.0 Å². The molecule has 23 heavy (non-hydrogen) atoms. The third kappa shape index (κ3) is 4.63. The molecule has 1 saturated heterocycles. The molecule has 1 aliphatic rings. The highest BCUT2D eigenvalue weighted by atomic mass is 16.1. The van der Waals surface area contributed by atoms with Gasteiger partial charge in [-0.1, -0.05) is 0 Å². The van der Waals surface area contributed by atoms with Gasteiger partial charge in [0.25, 0.3) is 0 Å². The number of carbonyl (C=O) groups is 1. The molecule has 0 aliphatic carbocycles. The number of amides is 1. The first kappa shape index (κ1) is 15.7. The van der Waals surface area contributed by atoms with Crippen LogP contribution in [-0.4, -0.2) is 33.5 Å². The summed E-state index contributed by atoms with van der Waals surface area (Å²) in [5, 5.41) is 6.36. The highest BCUT2D eigenvalue weighted by molar-refractivity contribution is 5.75. The second kappa shape index (κ2) is 7.87. The lowest BCUT2D eigenvalue weighted by Gasteiger charge is -2.22. The van der Waals surface area contributed by atoms with Gasteiger partial charge in [-0.2, -0.15) is 0 Å². The molecule has 1 amide bonds. The summed E-state index contributed by atoms with van der Waals surface area (Å²) in [6.07, 6.45) is 11.0. The number of imidazole rings is 1. The summed E-state index contributed by atoms with van der Waals surface area (Å²) < 4.78 is 1.85. The van der Waals surface area contributed by atoms with E-state index >= 15 is 0 Å². The number of aromatic nitrogens is 3. The van der Waals surface area contributed by atoms with Crippen molar-refractivity contribution < 1.29 is 4.79 Å². The fraction of sp³-hybridized carbons (Fsp3) is 0.471. The van der Waals surface area contributed by atoms with Gasteiger partial charge in [-0.25, -0.2) is 9.97 Å². The molecule has 0 aromatic carbocycles. The van der Waals surface area contributed by atoms with Crippen LogP contribution in [0, 0.1) is 5.92 Å². The fourth-order valence-electron chi connectivity index (χ4n) is 2.90. The van der Waals surface area contributed by atoms with E-state index in [2.05, 4.69) is 20.6 Å². The van der Waals surface area contributed by atoms with Gasteiger partial charge >= 0.3 is 0 Å². The van der Waals surface area contributed by atoms with Gasteiger partial charge in [0, 0.05) is 31.6 Å². The first-order valence-electron chi connectivity index (χ1n) is 8.22. The Morgan fingerprint density at radius 2 is 2.22 bits per heavy atom. The first-order valence-corrected chi connectivity index (χ1v) is 8.22. The minimum Gasteiger partial charge on any atom is -0.352 e. The summed E-state index contributed by atoms with van der Waals surface area (Å²) in [6.45, 7) is 2.70. The van der Waals surface area contributed by atoms with Crippen LogP contribution >= 0.6 is 0 Å². The van der Waals surface area contributed by atoms with Crippen molar-refractivity contribution in [1.82, 2.24) is 25.2 Å². The fourth-order valence-corrected chi connectivity index (χ4v) is 2.90. The van der Waals surface area contributed by atoms with E-state index in [1.807, 2.05) is 22.9 Å². The average molecular weight is 313 g/mol. The molecule has 3 heterocycles. The highest BCUT2D eigenvalue weighted by Crippen LogP contribution is 2.17. The Bertz CT molecular complexity index is 620. The van der Waals surface area contributed by atoms with Crippen molar-refractivity contribution in [2.45, 2.75) is 32.2 Å². The monoisotopic (exact) mass is 313 g/mol. The molecule has 6 nitrogen and oxygen atoms in total. The Kier molecular flexibility index (Phi) is 5.37. The maximum Gasteiger partial charge on any atom is 0.220 e. The predicted molar refractivity (Wildman–Crippen MR) is 88.0 cm³/mol. The number of pyridine rings is 1. The summed E-state index contributed by atoms with van der Waals surface area (Å²) in [6, 6.07) is 3.89. The van der Waals surface area contributed by atoms with Crippen LogP contribution in [-0.2, 0) is 11.3 Å². The highest BCUT2D eigenvalue weighted by Gasteiger charge is 2.14. The second-order valence-corrected chi connectivity index (χ2v) is 6.00. The Morgan fingerprint density at radius 1 is 1.35 bits per heavy atom. The van der Waals surface area contributed by atoms with Gasteiger partial charge in [0.15, 0.2) is 0 Å². The number of nitrogens with one attached hydrogen (secondary N) is 2. The summed E-state index contributed by atoms with van der Waals surface area (Å²) in [5.74, 6) is 1.63. The van der Waals surface area contributed by atoms with E-state index in [-0.39, 0.29) is 5.91 Å². The van der Waals surface area contributed by atoms with E-state index in [1.54, 1.807) is 18.7 Å². The van der Waals surface area contributed by atoms with Crippen LogP contribution in [0.4, 0.5) is 0 Å². The zero-order valence-electron chi connectivity index (χ0n) is 13.2. The zero-order valence-corrected chi connectivity index (χ0v) is 13.2. The van der Waals surface area contributed by atoms with E-state index in [4.69, 9.17) is 0 Å². The van der Waals surface area contributed by atoms with Crippen LogP contribution in [0.3, 0.4) is 0 Å². The summed E-state index contributed by atoms with van der Waals surface area (Å²) in [7, 11) is 0. The molecular formula is C17H23N5O. The maximum atomic E-state index is 12.0. The molecule has 3 rings (SSSR count). The third-order valence-electron chi connectivity index (χ3n) is 4.31. The van der Waals surface area contributed by atoms with Crippen LogP contribution < -0.4 is 10.6 Å². The van der Waals surface area contributed by atoms with Gasteiger partial charge in [0.2, 0.25) is 5.91 Å². The molecule has 122 valence electrons. The van der Waals surface area contributed by atoms with Gasteiger partial charge in [-0.3, -0.25) is 9.36 Å². The van der Waals surface area contributed by atoms with Crippen molar-refractivity contribution in [1.29, 1.82) is 0 Å². The Hall–Kier alpha value is -2.21. The molecule has 0 spiro atoms. The molecule has 0 atom stereocenters. The van der Waals surface area contributed by atoms with Crippen molar-refractivity contribution in [3.63, 3.8) is 0 Å². The minimum absolute atomic E-state index is 0.129. The smallest absolute Gasteiger partial charge is 0.220 e.